The van der Waals surface area contributed by atoms with Gasteiger partial charge < -0.3 is 10.1 Å². The van der Waals surface area contributed by atoms with Crippen molar-refractivity contribution >= 4 is 46.6 Å². The van der Waals surface area contributed by atoms with Crippen molar-refractivity contribution in [2.45, 2.75) is 6.92 Å². The number of carbonyl (C=O) groups excluding carboxylic acids is 1. The standard InChI is InChI=1S/C18H18ClN3O2S/c1-2-24-16-10-3-13(4-11-16)5-12-17(23)21-22-18(25)20-15-8-6-14(19)7-9-15/h3-12H,2H2,1H3,(H,21,23)(H2,20,22,25)/b12-5+. The minimum Gasteiger partial charge on any atom is -0.494 e. The Morgan fingerprint density at radius 2 is 1.80 bits per heavy atom. The number of ether oxygens (including phenoxy) is 1. The van der Waals surface area contributed by atoms with E-state index in [0.29, 0.717) is 11.6 Å². The Morgan fingerprint density at radius 1 is 1.12 bits per heavy atom. The smallest absolute Gasteiger partial charge is 0.262 e. The molecule has 0 unspecified atom stereocenters. The van der Waals surface area contributed by atoms with E-state index in [4.69, 9.17) is 28.6 Å². The Balaban J connectivity index is 1.77. The van der Waals surface area contributed by atoms with E-state index in [-0.39, 0.29) is 11.0 Å². The fourth-order valence-corrected chi connectivity index (χ4v) is 2.16. The molecule has 7 heteroatoms. The maximum absolute atomic E-state index is 11.8. The molecule has 0 spiro atoms. The van der Waals surface area contributed by atoms with Crippen LogP contribution in [-0.4, -0.2) is 17.6 Å². The second-order valence-corrected chi connectivity index (χ2v) is 5.76. The molecule has 25 heavy (non-hydrogen) atoms. The number of nitrogens with one attached hydrogen (secondary N) is 3. The Morgan fingerprint density at radius 3 is 2.44 bits per heavy atom. The Bertz CT molecular complexity index is 746. The van der Waals surface area contributed by atoms with E-state index in [1.165, 1.54) is 6.08 Å². The van der Waals surface area contributed by atoms with Crippen LogP contribution >= 0.6 is 23.8 Å². The number of hydrogen-bond donors (Lipinski definition) is 3. The first-order valence-corrected chi connectivity index (χ1v) is 8.39. The summed E-state index contributed by atoms with van der Waals surface area (Å²) in [5.41, 5.74) is 6.76. The fourth-order valence-electron chi connectivity index (χ4n) is 1.87. The Kier molecular flexibility index (Phi) is 7.25. The lowest BCUT2D eigenvalue weighted by molar-refractivity contribution is -0.116. The molecular formula is C18H18ClN3O2S. The number of rotatable bonds is 5. The van der Waals surface area contributed by atoms with Crippen LogP contribution in [0.4, 0.5) is 5.69 Å². The molecule has 0 aliphatic carbocycles. The van der Waals surface area contributed by atoms with Crippen LogP contribution in [0.5, 0.6) is 5.75 Å². The first-order chi connectivity index (χ1) is 12.1. The molecule has 0 fully saturated rings. The van der Waals surface area contributed by atoms with Crippen molar-refractivity contribution in [2.75, 3.05) is 11.9 Å². The van der Waals surface area contributed by atoms with Gasteiger partial charge in [-0.2, -0.15) is 0 Å². The summed E-state index contributed by atoms with van der Waals surface area (Å²) in [4.78, 5) is 11.8. The quantitative estimate of drug-likeness (QED) is 0.422. The lowest BCUT2D eigenvalue weighted by Crippen LogP contribution is -2.43. The topological polar surface area (TPSA) is 62.4 Å². The van der Waals surface area contributed by atoms with Crippen molar-refractivity contribution in [3.05, 3.63) is 65.2 Å². The molecule has 0 heterocycles. The minimum atomic E-state index is -0.325. The number of anilines is 1. The van der Waals surface area contributed by atoms with Crippen LogP contribution in [0.25, 0.3) is 6.08 Å². The normalized spacial score (nSPS) is 10.3. The molecule has 0 saturated carbocycles. The van der Waals surface area contributed by atoms with Gasteiger partial charge >= 0.3 is 0 Å². The average molecular weight is 376 g/mol. The van der Waals surface area contributed by atoms with Crippen LogP contribution in [0.1, 0.15) is 12.5 Å². The SMILES string of the molecule is CCOc1ccc(/C=C/C(=O)NNC(=S)Nc2ccc(Cl)cc2)cc1. The van der Waals surface area contributed by atoms with E-state index in [1.807, 2.05) is 31.2 Å². The maximum atomic E-state index is 11.8. The number of benzene rings is 2. The van der Waals surface area contributed by atoms with E-state index in [1.54, 1.807) is 30.3 Å². The van der Waals surface area contributed by atoms with Gasteiger partial charge in [0.05, 0.1) is 6.61 Å². The summed E-state index contributed by atoms with van der Waals surface area (Å²) >= 11 is 10.9. The van der Waals surface area contributed by atoms with Gasteiger partial charge in [0, 0.05) is 16.8 Å². The van der Waals surface area contributed by atoms with Crippen LogP contribution in [0.15, 0.2) is 54.6 Å². The zero-order valence-electron chi connectivity index (χ0n) is 13.6. The van der Waals surface area contributed by atoms with Gasteiger partial charge in [-0.05, 0) is 67.2 Å². The molecule has 0 atom stereocenters. The lowest BCUT2D eigenvalue weighted by Gasteiger charge is -2.10. The summed E-state index contributed by atoms with van der Waals surface area (Å²) in [5, 5.41) is 3.83. The number of thiocarbonyl (C=S) groups is 1. The molecule has 2 aromatic rings. The lowest BCUT2D eigenvalue weighted by atomic mass is 10.2. The summed E-state index contributed by atoms with van der Waals surface area (Å²) < 4.78 is 5.36. The van der Waals surface area contributed by atoms with Gasteiger partial charge in [0.25, 0.3) is 5.91 Å². The molecule has 0 radical (unpaired) electrons. The van der Waals surface area contributed by atoms with Crippen molar-refractivity contribution in [3.63, 3.8) is 0 Å². The molecule has 0 bridgehead atoms. The number of hydrazine groups is 1. The zero-order valence-corrected chi connectivity index (χ0v) is 15.2. The van der Waals surface area contributed by atoms with E-state index in [0.717, 1.165) is 17.0 Å². The summed E-state index contributed by atoms with van der Waals surface area (Å²) in [6.07, 6.45) is 3.11. The third-order valence-corrected chi connectivity index (χ3v) is 3.48. The highest BCUT2D eigenvalue weighted by Gasteiger charge is 2.00. The maximum Gasteiger partial charge on any atom is 0.262 e. The van der Waals surface area contributed by atoms with Gasteiger partial charge in [0.2, 0.25) is 0 Å². The van der Waals surface area contributed by atoms with Crippen molar-refractivity contribution in [1.82, 2.24) is 10.9 Å². The highest BCUT2D eigenvalue weighted by atomic mass is 35.5. The van der Waals surface area contributed by atoms with Gasteiger partial charge in [0.1, 0.15) is 5.75 Å². The monoisotopic (exact) mass is 375 g/mol. The van der Waals surface area contributed by atoms with E-state index in [9.17, 15) is 4.79 Å². The van der Waals surface area contributed by atoms with Gasteiger partial charge in [-0.1, -0.05) is 23.7 Å². The Labute approximate surface area is 157 Å². The first-order valence-electron chi connectivity index (χ1n) is 7.60. The van der Waals surface area contributed by atoms with E-state index in [2.05, 4.69) is 16.2 Å². The van der Waals surface area contributed by atoms with Gasteiger partial charge in [0.15, 0.2) is 5.11 Å². The highest BCUT2D eigenvalue weighted by Crippen LogP contribution is 2.13. The zero-order chi connectivity index (χ0) is 18.1. The molecule has 2 rings (SSSR count). The number of halogens is 1. The highest BCUT2D eigenvalue weighted by molar-refractivity contribution is 7.80. The molecule has 0 aliphatic rings. The van der Waals surface area contributed by atoms with Crippen molar-refractivity contribution in [1.29, 1.82) is 0 Å². The summed E-state index contributed by atoms with van der Waals surface area (Å²) in [7, 11) is 0. The van der Waals surface area contributed by atoms with Crippen molar-refractivity contribution in [3.8, 4) is 5.75 Å². The van der Waals surface area contributed by atoms with E-state index >= 15 is 0 Å². The predicted molar refractivity (Wildman–Crippen MR) is 106 cm³/mol. The van der Waals surface area contributed by atoms with Gasteiger partial charge in [-0.15, -0.1) is 0 Å². The molecule has 0 aliphatic heterocycles. The largest absolute Gasteiger partial charge is 0.494 e. The number of carbonyl (C=O) groups is 1. The van der Waals surface area contributed by atoms with Crippen molar-refractivity contribution in [2.24, 2.45) is 0 Å². The average Bonchev–Trinajstić information content (AvgIpc) is 2.61. The van der Waals surface area contributed by atoms with E-state index < -0.39 is 0 Å². The molecule has 3 N–H and O–H groups in total. The summed E-state index contributed by atoms with van der Waals surface area (Å²) in [6.45, 7) is 2.55. The summed E-state index contributed by atoms with van der Waals surface area (Å²) in [5.74, 6) is 0.471. The van der Waals surface area contributed by atoms with Crippen molar-refractivity contribution < 1.29 is 9.53 Å². The second-order valence-electron chi connectivity index (χ2n) is 4.91. The van der Waals surface area contributed by atoms with Crippen LogP contribution in [0.2, 0.25) is 5.02 Å². The minimum absolute atomic E-state index is 0.269. The van der Waals surface area contributed by atoms with Crippen LogP contribution in [0, 0.1) is 0 Å². The molecule has 0 saturated heterocycles. The molecule has 1 amide bonds. The Hall–Kier alpha value is -2.57. The molecule has 130 valence electrons. The van der Waals surface area contributed by atoms with Crippen LogP contribution in [-0.2, 0) is 4.79 Å². The number of hydrogen-bond acceptors (Lipinski definition) is 3. The fraction of sp³-hybridized carbons (Fsp3) is 0.111. The molecular weight excluding hydrogens is 358 g/mol. The first kappa shape index (κ1) is 18.8. The van der Waals surface area contributed by atoms with Gasteiger partial charge in [-0.3, -0.25) is 15.6 Å². The van der Waals surface area contributed by atoms with Gasteiger partial charge in [-0.25, -0.2) is 0 Å². The summed E-state index contributed by atoms with van der Waals surface area (Å²) in [6, 6.07) is 14.5. The third-order valence-electron chi connectivity index (χ3n) is 3.02. The second kappa shape index (κ2) is 9.66. The predicted octanol–water partition coefficient (Wildman–Crippen LogP) is 3.77. The molecule has 5 nitrogen and oxygen atoms in total. The molecule has 0 aromatic heterocycles. The molecule has 2 aromatic carbocycles. The van der Waals surface area contributed by atoms with Crippen LogP contribution < -0.4 is 20.9 Å². The number of amides is 1. The third kappa shape index (κ3) is 6.82. The van der Waals surface area contributed by atoms with Crippen LogP contribution in [0.3, 0.4) is 0 Å².